The normalized spacial score (nSPS) is 20.1. The number of anilines is 1. The van der Waals surface area contributed by atoms with Gasteiger partial charge in [-0.2, -0.15) is 0 Å². The first-order chi connectivity index (χ1) is 7.58. The van der Waals surface area contributed by atoms with Crippen LogP contribution in [0.1, 0.15) is 16.8 Å². The number of nitrogens with two attached hydrogens (primary N) is 1. The smallest absolute Gasteiger partial charge is 0.256 e. The largest absolute Gasteiger partial charge is 0.398 e. The fraction of sp³-hybridized carbons (Fsp3) is 0.364. The van der Waals surface area contributed by atoms with Crippen LogP contribution in [0.4, 0.5) is 10.1 Å². The summed E-state index contributed by atoms with van der Waals surface area (Å²) in [6.45, 7) is 0.769. The Kier molecular flexibility index (Phi) is 2.78. The Morgan fingerprint density at radius 1 is 1.56 bits per heavy atom. The van der Waals surface area contributed by atoms with E-state index >= 15 is 0 Å². The van der Waals surface area contributed by atoms with E-state index in [0.717, 1.165) is 6.07 Å². The van der Waals surface area contributed by atoms with E-state index in [0.29, 0.717) is 13.0 Å². The van der Waals surface area contributed by atoms with E-state index in [2.05, 4.69) is 0 Å². The summed E-state index contributed by atoms with van der Waals surface area (Å²) >= 11 is 0. The molecule has 1 saturated heterocycles. The molecular weight excluding hydrogens is 211 g/mol. The van der Waals surface area contributed by atoms with Crippen molar-refractivity contribution < 1.29 is 14.3 Å². The van der Waals surface area contributed by atoms with Gasteiger partial charge in [-0.05, 0) is 24.6 Å². The summed E-state index contributed by atoms with van der Waals surface area (Å²) in [6, 6.07) is 3.71. The first-order valence-electron chi connectivity index (χ1n) is 5.10. The average molecular weight is 224 g/mol. The number of β-amino-alcohol motifs (C(OH)–C–C–N with tert-alkyl or cyclic N) is 1. The highest BCUT2D eigenvalue weighted by Crippen LogP contribution is 2.19. The Morgan fingerprint density at radius 3 is 2.94 bits per heavy atom. The Balaban J connectivity index is 2.23. The second-order valence-corrected chi connectivity index (χ2v) is 3.93. The van der Waals surface area contributed by atoms with Crippen molar-refractivity contribution in [1.29, 1.82) is 0 Å². The maximum atomic E-state index is 13.0. The number of carbonyl (C=O) groups excluding carboxylic acids is 1. The molecule has 1 atom stereocenters. The topological polar surface area (TPSA) is 66.6 Å². The molecule has 1 aliphatic rings. The summed E-state index contributed by atoms with van der Waals surface area (Å²) in [4.78, 5) is 13.4. The fourth-order valence-electron chi connectivity index (χ4n) is 1.81. The molecule has 0 saturated carbocycles. The molecule has 3 N–H and O–H groups in total. The lowest BCUT2D eigenvalue weighted by Crippen LogP contribution is -2.30. The zero-order chi connectivity index (χ0) is 11.7. The van der Waals surface area contributed by atoms with Crippen molar-refractivity contribution in [3.8, 4) is 0 Å². The van der Waals surface area contributed by atoms with Gasteiger partial charge in [0.1, 0.15) is 5.82 Å². The molecule has 0 aliphatic carbocycles. The summed E-state index contributed by atoms with van der Waals surface area (Å²) in [7, 11) is 0. The summed E-state index contributed by atoms with van der Waals surface area (Å²) in [6.07, 6.45) is 0.0692. The van der Waals surface area contributed by atoms with Crippen LogP contribution in [-0.4, -0.2) is 35.1 Å². The second-order valence-electron chi connectivity index (χ2n) is 3.93. The van der Waals surface area contributed by atoms with Crippen molar-refractivity contribution >= 4 is 11.6 Å². The third-order valence-electron chi connectivity index (χ3n) is 2.70. The van der Waals surface area contributed by atoms with Crippen LogP contribution in [0.2, 0.25) is 0 Å². The quantitative estimate of drug-likeness (QED) is 0.687. The number of amides is 1. The van der Waals surface area contributed by atoms with Gasteiger partial charge in [0.2, 0.25) is 0 Å². The number of halogens is 1. The number of aliphatic hydroxyl groups is 1. The predicted molar refractivity (Wildman–Crippen MR) is 57.3 cm³/mol. The minimum atomic E-state index is -0.489. The van der Waals surface area contributed by atoms with E-state index < -0.39 is 11.9 Å². The predicted octanol–water partition coefficient (Wildman–Crippen LogP) is 0.615. The average Bonchev–Trinajstić information content (AvgIpc) is 2.67. The van der Waals surface area contributed by atoms with E-state index in [4.69, 9.17) is 5.73 Å². The fourth-order valence-corrected chi connectivity index (χ4v) is 1.81. The molecule has 0 unspecified atom stereocenters. The zero-order valence-electron chi connectivity index (χ0n) is 8.69. The highest BCUT2D eigenvalue weighted by Gasteiger charge is 2.26. The second kappa shape index (κ2) is 4.09. The first kappa shape index (κ1) is 10.9. The van der Waals surface area contributed by atoms with Crippen molar-refractivity contribution in [3.63, 3.8) is 0 Å². The first-order valence-corrected chi connectivity index (χ1v) is 5.10. The molecule has 1 aromatic rings. The summed E-state index contributed by atoms with van der Waals surface area (Å²) in [5.74, 6) is -0.814. The van der Waals surface area contributed by atoms with Crippen LogP contribution < -0.4 is 5.73 Å². The number of likely N-dealkylation sites (tertiary alicyclic amines) is 1. The molecule has 4 nitrogen and oxygen atoms in total. The van der Waals surface area contributed by atoms with Crippen LogP contribution in [0.5, 0.6) is 0 Å². The maximum Gasteiger partial charge on any atom is 0.256 e. The highest BCUT2D eigenvalue weighted by atomic mass is 19.1. The molecule has 0 spiro atoms. The number of benzene rings is 1. The van der Waals surface area contributed by atoms with Crippen molar-refractivity contribution in [2.24, 2.45) is 0 Å². The van der Waals surface area contributed by atoms with Gasteiger partial charge in [-0.3, -0.25) is 4.79 Å². The van der Waals surface area contributed by atoms with Crippen LogP contribution >= 0.6 is 0 Å². The van der Waals surface area contributed by atoms with Gasteiger partial charge in [-0.1, -0.05) is 0 Å². The zero-order valence-corrected chi connectivity index (χ0v) is 8.69. The van der Waals surface area contributed by atoms with Crippen LogP contribution in [0, 0.1) is 5.82 Å². The molecule has 1 amide bonds. The molecule has 1 aliphatic heterocycles. The molecule has 16 heavy (non-hydrogen) atoms. The van der Waals surface area contributed by atoms with Crippen molar-refractivity contribution in [2.45, 2.75) is 12.5 Å². The molecule has 0 bridgehead atoms. The molecule has 0 radical (unpaired) electrons. The van der Waals surface area contributed by atoms with Crippen LogP contribution in [0.25, 0.3) is 0 Å². The van der Waals surface area contributed by atoms with Gasteiger partial charge in [0, 0.05) is 18.8 Å². The summed E-state index contributed by atoms with van der Waals surface area (Å²) in [5.41, 5.74) is 6.03. The van der Waals surface area contributed by atoms with E-state index in [1.54, 1.807) is 0 Å². The molecule has 0 aromatic heterocycles. The lowest BCUT2D eigenvalue weighted by Gasteiger charge is -2.16. The number of hydrogen-bond donors (Lipinski definition) is 2. The van der Waals surface area contributed by atoms with E-state index in [9.17, 15) is 14.3 Å². The van der Waals surface area contributed by atoms with Gasteiger partial charge in [0.05, 0.1) is 11.7 Å². The Bertz CT molecular complexity index is 422. The number of rotatable bonds is 1. The lowest BCUT2D eigenvalue weighted by molar-refractivity contribution is 0.0765. The monoisotopic (exact) mass is 224 g/mol. The minimum Gasteiger partial charge on any atom is -0.398 e. The Morgan fingerprint density at radius 2 is 2.31 bits per heavy atom. The molecule has 5 heteroatoms. The van der Waals surface area contributed by atoms with Crippen molar-refractivity contribution in [1.82, 2.24) is 4.90 Å². The van der Waals surface area contributed by atoms with E-state index in [1.807, 2.05) is 0 Å². The standard InChI is InChI=1S/C11H13FN2O2/c12-7-1-2-10(13)9(5-7)11(16)14-4-3-8(15)6-14/h1-2,5,8,15H,3-4,6,13H2/t8-/m0/s1. The van der Waals surface area contributed by atoms with Crippen molar-refractivity contribution in [2.75, 3.05) is 18.8 Å². The van der Waals surface area contributed by atoms with E-state index in [-0.39, 0.29) is 23.7 Å². The lowest BCUT2D eigenvalue weighted by atomic mass is 10.1. The molecule has 1 heterocycles. The van der Waals surface area contributed by atoms with Crippen molar-refractivity contribution in [3.05, 3.63) is 29.6 Å². The summed E-state index contributed by atoms with van der Waals surface area (Å²) in [5, 5.41) is 9.32. The van der Waals surface area contributed by atoms with Crippen LogP contribution in [0.3, 0.4) is 0 Å². The number of nitrogens with zero attached hydrogens (tertiary/aromatic N) is 1. The van der Waals surface area contributed by atoms with Gasteiger partial charge in [-0.15, -0.1) is 0 Å². The van der Waals surface area contributed by atoms with E-state index in [1.165, 1.54) is 17.0 Å². The molecule has 1 fully saturated rings. The molecule has 86 valence electrons. The third-order valence-corrected chi connectivity index (χ3v) is 2.70. The number of aliphatic hydroxyl groups excluding tert-OH is 1. The maximum absolute atomic E-state index is 13.0. The minimum absolute atomic E-state index is 0.161. The highest BCUT2D eigenvalue weighted by molar-refractivity contribution is 5.99. The number of nitrogen functional groups attached to an aromatic ring is 1. The number of hydrogen-bond acceptors (Lipinski definition) is 3. The number of carbonyl (C=O) groups is 1. The molecular formula is C11H13FN2O2. The van der Waals surface area contributed by atoms with Gasteiger partial charge in [0.25, 0.3) is 5.91 Å². The van der Waals surface area contributed by atoms with Gasteiger partial charge < -0.3 is 15.7 Å². The molecule has 2 rings (SSSR count). The Hall–Kier alpha value is -1.62. The summed E-state index contributed by atoms with van der Waals surface area (Å²) < 4.78 is 13.0. The van der Waals surface area contributed by atoms with Gasteiger partial charge in [0.15, 0.2) is 0 Å². The molecule has 1 aromatic carbocycles. The van der Waals surface area contributed by atoms with Crippen LogP contribution in [0.15, 0.2) is 18.2 Å². The Labute approximate surface area is 92.5 Å². The van der Waals surface area contributed by atoms with Crippen LogP contribution in [-0.2, 0) is 0 Å². The third kappa shape index (κ3) is 1.99. The van der Waals surface area contributed by atoms with Gasteiger partial charge >= 0.3 is 0 Å². The SMILES string of the molecule is Nc1ccc(F)cc1C(=O)N1CC[C@H](O)C1. The van der Waals surface area contributed by atoms with Gasteiger partial charge in [-0.25, -0.2) is 4.39 Å².